The zero-order valence-corrected chi connectivity index (χ0v) is 16.7. The maximum absolute atomic E-state index is 12.7. The molecule has 0 bridgehead atoms. The lowest BCUT2D eigenvalue weighted by Gasteiger charge is -2.04. The van der Waals surface area contributed by atoms with Crippen LogP contribution >= 0.6 is 0 Å². The Morgan fingerprint density at radius 2 is 1.67 bits per heavy atom. The maximum Gasteiger partial charge on any atom is 0.352 e. The predicted molar refractivity (Wildman–Crippen MR) is 111 cm³/mol. The zero-order valence-electron chi connectivity index (χ0n) is 15.9. The Kier molecular flexibility index (Phi) is 4.96. The van der Waals surface area contributed by atoms with E-state index in [0.717, 1.165) is 11.1 Å². The molecule has 0 saturated heterocycles. The van der Waals surface area contributed by atoms with Gasteiger partial charge in [0.25, 0.3) is 0 Å². The van der Waals surface area contributed by atoms with E-state index in [2.05, 4.69) is 4.98 Å². The fourth-order valence-electron chi connectivity index (χ4n) is 3.22. The summed E-state index contributed by atoms with van der Waals surface area (Å²) in [4.78, 5) is 15.5. The molecule has 8 nitrogen and oxygen atoms in total. The van der Waals surface area contributed by atoms with Gasteiger partial charge in [-0.2, -0.15) is 4.40 Å². The standard InChI is InChI=1S/C21H17N3O5S/c1-29-17-10-7-15(8-11-17)16-9-12-20-22-19(21(24(25)26)23(20)13-16)14-30(27,28)18-5-3-2-4-6-18/h2-13H,14H2,1H3. The number of ether oxygens (including phenoxy) is 1. The van der Waals surface area contributed by atoms with E-state index in [1.807, 2.05) is 12.1 Å². The van der Waals surface area contributed by atoms with E-state index in [4.69, 9.17) is 4.74 Å². The number of nitro groups is 1. The lowest BCUT2D eigenvalue weighted by molar-refractivity contribution is -0.391. The van der Waals surface area contributed by atoms with E-state index in [1.54, 1.807) is 55.8 Å². The lowest BCUT2D eigenvalue weighted by atomic mass is 10.1. The second-order valence-corrected chi connectivity index (χ2v) is 8.58. The van der Waals surface area contributed by atoms with Crippen molar-refractivity contribution >= 4 is 21.3 Å². The van der Waals surface area contributed by atoms with Crippen molar-refractivity contribution in [3.63, 3.8) is 0 Å². The number of hydrogen-bond acceptors (Lipinski definition) is 6. The first kappa shape index (κ1) is 19.6. The molecular formula is C21H17N3O5S. The van der Waals surface area contributed by atoms with Crippen LogP contribution in [-0.4, -0.2) is 29.8 Å². The van der Waals surface area contributed by atoms with Crippen LogP contribution in [0.1, 0.15) is 5.69 Å². The molecule has 0 aliphatic carbocycles. The van der Waals surface area contributed by atoms with Crippen LogP contribution in [0.5, 0.6) is 5.75 Å². The van der Waals surface area contributed by atoms with Crippen LogP contribution in [0, 0.1) is 10.1 Å². The van der Waals surface area contributed by atoms with Crippen molar-refractivity contribution < 1.29 is 18.1 Å². The number of hydrogen-bond donors (Lipinski definition) is 0. The molecule has 0 fully saturated rings. The van der Waals surface area contributed by atoms with Gasteiger partial charge in [0.15, 0.2) is 15.5 Å². The first-order valence-corrected chi connectivity index (χ1v) is 10.6. The van der Waals surface area contributed by atoms with Gasteiger partial charge in [0.05, 0.1) is 12.0 Å². The molecule has 0 aliphatic rings. The number of benzene rings is 2. The SMILES string of the molecule is COc1ccc(-c2ccc3nc(CS(=O)(=O)c4ccccc4)c([N+](=O)[O-])n3c2)cc1. The fraction of sp³-hybridized carbons (Fsp3) is 0.0952. The molecule has 0 aliphatic heterocycles. The first-order valence-electron chi connectivity index (χ1n) is 8.96. The maximum atomic E-state index is 12.7. The van der Waals surface area contributed by atoms with Gasteiger partial charge in [-0.05, 0) is 40.8 Å². The molecule has 0 saturated carbocycles. The Balaban J connectivity index is 1.80. The first-order chi connectivity index (χ1) is 14.4. The molecule has 2 aromatic carbocycles. The summed E-state index contributed by atoms with van der Waals surface area (Å²) in [5, 5.41) is 11.8. The van der Waals surface area contributed by atoms with Crippen LogP contribution in [0.2, 0.25) is 0 Å². The highest BCUT2D eigenvalue weighted by Gasteiger charge is 2.28. The Bertz CT molecular complexity index is 1330. The summed E-state index contributed by atoms with van der Waals surface area (Å²) in [5.74, 6) is -0.228. The van der Waals surface area contributed by atoms with Gasteiger partial charge in [0, 0.05) is 11.6 Å². The van der Waals surface area contributed by atoms with Crippen LogP contribution in [0.3, 0.4) is 0 Å². The number of methoxy groups -OCH3 is 1. The van der Waals surface area contributed by atoms with Crippen LogP contribution in [0.15, 0.2) is 77.8 Å². The number of rotatable bonds is 6. The molecule has 2 aromatic heterocycles. The van der Waals surface area contributed by atoms with Gasteiger partial charge in [0.2, 0.25) is 5.65 Å². The number of nitrogens with zero attached hydrogens (tertiary/aromatic N) is 3. The second kappa shape index (κ2) is 7.60. The topological polar surface area (TPSA) is 104 Å². The molecule has 2 heterocycles. The molecular weight excluding hydrogens is 406 g/mol. The van der Waals surface area contributed by atoms with Crippen LogP contribution < -0.4 is 4.74 Å². The molecule has 9 heteroatoms. The van der Waals surface area contributed by atoms with Gasteiger partial charge in [0.1, 0.15) is 17.7 Å². The van der Waals surface area contributed by atoms with Gasteiger partial charge in [-0.15, -0.1) is 0 Å². The largest absolute Gasteiger partial charge is 0.497 e. The fourth-order valence-corrected chi connectivity index (χ4v) is 4.51. The molecule has 4 rings (SSSR count). The van der Waals surface area contributed by atoms with Crippen molar-refractivity contribution in [3.8, 4) is 16.9 Å². The number of sulfone groups is 1. The molecule has 0 unspecified atom stereocenters. The average molecular weight is 423 g/mol. The Morgan fingerprint density at radius 3 is 2.30 bits per heavy atom. The average Bonchev–Trinajstić information content (AvgIpc) is 3.11. The smallest absolute Gasteiger partial charge is 0.352 e. The van der Waals surface area contributed by atoms with Gasteiger partial charge in [-0.3, -0.25) is 0 Å². The summed E-state index contributed by atoms with van der Waals surface area (Å²) in [5.41, 5.74) is 1.76. The lowest BCUT2D eigenvalue weighted by Crippen LogP contribution is -2.07. The van der Waals surface area contributed by atoms with Gasteiger partial charge in [-0.25, -0.2) is 13.4 Å². The highest BCUT2D eigenvalue weighted by atomic mass is 32.2. The van der Waals surface area contributed by atoms with E-state index < -0.39 is 20.5 Å². The minimum absolute atomic E-state index is 0.0928. The van der Waals surface area contributed by atoms with Gasteiger partial charge < -0.3 is 14.9 Å². The Morgan fingerprint density at radius 1 is 1.00 bits per heavy atom. The second-order valence-electron chi connectivity index (χ2n) is 6.59. The van der Waals surface area contributed by atoms with Crippen molar-refractivity contribution in [1.82, 2.24) is 9.38 Å². The summed E-state index contributed by atoms with van der Waals surface area (Å²) in [6.07, 6.45) is 1.58. The normalized spacial score (nSPS) is 11.5. The van der Waals surface area contributed by atoms with Gasteiger partial charge >= 0.3 is 5.82 Å². The van der Waals surface area contributed by atoms with E-state index in [9.17, 15) is 18.5 Å². The van der Waals surface area contributed by atoms with E-state index in [0.29, 0.717) is 11.4 Å². The summed E-state index contributed by atoms with van der Waals surface area (Å²) < 4.78 is 31.9. The summed E-state index contributed by atoms with van der Waals surface area (Å²) in [6.45, 7) is 0. The predicted octanol–water partition coefficient (Wildman–Crippen LogP) is 3.89. The molecule has 0 atom stereocenters. The van der Waals surface area contributed by atoms with Gasteiger partial charge in [-0.1, -0.05) is 30.3 Å². The Hall–Kier alpha value is -3.72. The molecule has 0 N–H and O–H groups in total. The quantitative estimate of drug-likeness (QED) is 0.344. The van der Waals surface area contributed by atoms with Crippen molar-refractivity contribution in [2.75, 3.05) is 7.11 Å². The zero-order chi connectivity index (χ0) is 21.3. The molecule has 30 heavy (non-hydrogen) atoms. The third kappa shape index (κ3) is 3.62. The van der Waals surface area contributed by atoms with Crippen molar-refractivity contribution in [2.24, 2.45) is 0 Å². The summed E-state index contributed by atoms with van der Waals surface area (Å²) in [6, 6.07) is 18.5. The van der Waals surface area contributed by atoms with E-state index in [-0.39, 0.29) is 16.4 Å². The molecule has 4 aromatic rings. The highest BCUT2D eigenvalue weighted by Crippen LogP contribution is 2.29. The number of pyridine rings is 1. The van der Waals surface area contributed by atoms with Crippen molar-refractivity contribution in [2.45, 2.75) is 10.6 Å². The summed E-state index contributed by atoms with van der Waals surface area (Å²) in [7, 11) is -2.21. The van der Waals surface area contributed by atoms with Crippen molar-refractivity contribution in [3.05, 3.63) is 88.7 Å². The number of aromatic nitrogens is 2. The Labute approximate surface area is 172 Å². The number of fused-ring (bicyclic) bond motifs is 1. The third-order valence-corrected chi connectivity index (χ3v) is 6.33. The minimum Gasteiger partial charge on any atom is -0.497 e. The number of imidazole rings is 1. The minimum atomic E-state index is -3.78. The molecule has 0 radical (unpaired) electrons. The van der Waals surface area contributed by atoms with Crippen LogP contribution in [0.4, 0.5) is 5.82 Å². The monoisotopic (exact) mass is 423 g/mol. The molecule has 0 spiro atoms. The summed E-state index contributed by atoms with van der Waals surface area (Å²) >= 11 is 0. The third-order valence-electron chi connectivity index (χ3n) is 4.69. The van der Waals surface area contributed by atoms with E-state index >= 15 is 0 Å². The van der Waals surface area contributed by atoms with E-state index in [1.165, 1.54) is 16.5 Å². The molecule has 0 amide bonds. The highest BCUT2D eigenvalue weighted by molar-refractivity contribution is 7.90. The van der Waals surface area contributed by atoms with Crippen molar-refractivity contribution in [1.29, 1.82) is 0 Å². The van der Waals surface area contributed by atoms with Crippen LogP contribution in [0.25, 0.3) is 16.8 Å². The molecule has 152 valence electrons. The van der Waals surface area contributed by atoms with Crippen LogP contribution in [-0.2, 0) is 15.6 Å².